The first kappa shape index (κ1) is 10.6. The fourth-order valence-corrected chi connectivity index (χ4v) is 4.01. The Kier molecular flexibility index (Phi) is 2.47. The van der Waals surface area contributed by atoms with Gasteiger partial charge in [0.2, 0.25) is 0 Å². The standard InChI is InChI=1S/C15H22O/c1-9-6-10(2)16-14(7-9)15-11(3)12-4-5-13(15)8-12/h4-5,7,10-15H,6,8H2,1-3H3. The van der Waals surface area contributed by atoms with Crippen molar-refractivity contribution < 1.29 is 4.74 Å². The molecule has 6 unspecified atom stereocenters. The normalized spacial score (nSPS) is 50.8. The summed E-state index contributed by atoms with van der Waals surface area (Å²) in [5.74, 6) is 3.13. The maximum absolute atomic E-state index is 6.15. The van der Waals surface area contributed by atoms with Crippen LogP contribution in [0.4, 0.5) is 0 Å². The highest BCUT2D eigenvalue weighted by Gasteiger charge is 2.46. The molecule has 0 spiro atoms. The molecule has 2 aliphatic carbocycles. The molecule has 0 saturated heterocycles. The molecule has 0 amide bonds. The molecule has 3 aliphatic rings. The van der Waals surface area contributed by atoms with E-state index in [1.807, 2.05) is 0 Å². The summed E-state index contributed by atoms with van der Waals surface area (Å²) < 4.78 is 6.15. The molecule has 1 nitrogen and oxygen atoms in total. The molecule has 1 aliphatic heterocycles. The van der Waals surface area contributed by atoms with Gasteiger partial charge in [-0.3, -0.25) is 0 Å². The van der Waals surface area contributed by atoms with Crippen molar-refractivity contribution in [3.05, 3.63) is 23.8 Å². The van der Waals surface area contributed by atoms with Crippen LogP contribution in [0.15, 0.2) is 23.8 Å². The second-order valence-corrected chi connectivity index (χ2v) is 6.01. The second kappa shape index (κ2) is 3.73. The zero-order chi connectivity index (χ0) is 11.3. The lowest BCUT2D eigenvalue weighted by Crippen LogP contribution is -2.35. The number of hydrogen-bond donors (Lipinski definition) is 0. The Bertz CT molecular complexity index is 341. The van der Waals surface area contributed by atoms with Gasteiger partial charge in [0.25, 0.3) is 0 Å². The molecule has 1 heteroatoms. The SMILES string of the molecule is CC1=CC(C2C3C=CC(C3)C2C)OC(C)C1. The van der Waals surface area contributed by atoms with Crippen molar-refractivity contribution in [3.63, 3.8) is 0 Å². The van der Waals surface area contributed by atoms with Gasteiger partial charge in [0, 0.05) is 0 Å². The number of ether oxygens (including phenoxy) is 1. The molecule has 2 bridgehead atoms. The van der Waals surface area contributed by atoms with Crippen molar-refractivity contribution in [1.29, 1.82) is 0 Å². The quantitative estimate of drug-likeness (QED) is 0.611. The fourth-order valence-electron chi connectivity index (χ4n) is 4.01. The van der Waals surface area contributed by atoms with Gasteiger partial charge in [-0.05, 0) is 50.4 Å². The largest absolute Gasteiger partial charge is 0.371 e. The number of allylic oxidation sites excluding steroid dienone is 2. The van der Waals surface area contributed by atoms with Crippen molar-refractivity contribution >= 4 is 0 Å². The highest BCUT2D eigenvalue weighted by Crippen LogP contribution is 2.50. The molecular weight excluding hydrogens is 196 g/mol. The monoisotopic (exact) mass is 218 g/mol. The van der Waals surface area contributed by atoms with Gasteiger partial charge in [-0.25, -0.2) is 0 Å². The summed E-state index contributed by atoms with van der Waals surface area (Å²) in [4.78, 5) is 0. The minimum absolute atomic E-state index is 0.374. The predicted molar refractivity (Wildman–Crippen MR) is 66.1 cm³/mol. The van der Waals surface area contributed by atoms with Crippen LogP contribution < -0.4 is 0 Å². The van der Waals surface area contributed by atoms with E-state index in [0.29, 0.717) is 12.2 Å². The Morgan fingerprint density at radius 2 is 1.94 bits per heavy atom. The molecule has 0 N–H and O–H groups in total. The van der Waals surface area contributed by atoms with E-state index in [1.54, 1.807) is 0 Å². The Hall–Kier alpha value is -0.560. The molecule has 0 aromatic heterocycles. The zero-order valence-corrected chi connectivity index (χ0v) is 10.5. The predicted octanol–water partition coefficient (Wildman–Crippen LogP) is 3.57. The van der Waals surface area contributed by atoms with Crippen LogP contribution in [0.2, 0.25) is 0 Å². The summed E-state index contributed by atoms with van der Waals surface area (Å²) in [6.07, 6.45) is 10.5. The molecule has 1 heterocycles. The van der Waals surface area contributed by atoms with Gasteiger partial charge >= 0.3 is 0 Å². The topological polar surface area (TPSA) is 9.23 Å². The van der Waals surface area contributed by atoms with E-state index in [-0.39, 0.29) is 0 Å². The molecule has 3 rings (SSSR count). The maximum Gasteiger partial charge on any atom is 0.0798 e. The lowest BCUT2D eigenvalue weighted by molar-refractivity contribution is -0.0326. The molecule has 0 aromatic rings. The third-order valence-electron chi connectivity index (χ3n) is 4.75. The van der Waals surface area contributed by atoms with Gasteiger partial charge in [-0.2, -0.15) is 0 Å². The first-order chi connectivity index (χ1) is 7.65. The van der Waals surface area contributed by atoms with Gasteiger partial charge in [0.05, 0.1) is 12.2 Å². The Morgan fingerprint density at radius 3 is 2.56 bits per heavy atom. The van der Waals surface area contributed by atoms with Gasteiger partial charge in [0.15, 0.2) is 0 Å². The zero-order valence-electron chi connectivity index (χ0n) is 10.5. The van der Waals surface area contributed by atoms with E-state index < -0.39 is 0 Å². The molecule has 0 radical (unpaired) electrons. The van der Waals surface area contributed by atoms with E-state index in [0.717, 1.165) is 30.1 Å². The minimum atomic E-state index is 0.374. The molecular formula is C15H22O. The highest BCUT2D eigenvalue weighted by atomic mass is 16.5. The summed E-state index contributed by atoms with van der Waals surface area (Å²) in [6.45, 7) is 6.86. The van der Waals surface area contributed by atoms with Crippen LogP contribution in [-0.2, 0) is 4.74 Å². The van der Waals surface area contributed by atoms with Crippen LogP contribution in [0.5, 0.6) is 0 Å². The maximum atomic E-state index is 6.15. The van der Waals surface area contributed by atoms with Crippen molar-refractivity contribution in [3.8, 4) is 0 Å². The van der Waals surface area contributed by atoms with Crippen LogP contribution in [0.1, 0.15) is 33.6 Å². The van der Waals surface area contributed by atoms with Crippen LogP contribution in [0.3, 0.4) is 0 Å². The first-order valence-corrected chi connectivity index (χ1v) is 6.66. The number of hydrogen-bond acceptors (Lipinski definition) is 1. The molecule has 6 atom stereocenters. The van der Waals surface area contributed by atoms with E-state index in [9.17, 15) is 0 Å². The third kappa shape index (κ3) is 1.57. The average Bonchev–Trinajstić information content (AvgIpc) is 2.75. The summed E-state index contributed by atoms with van der Waals surface area (Å²) in [7, 11) is 0. The lowest BCUT2D eigenvalue weighted by atomic mass is 9.79. The first-order valence-electron chi connectivity index (χ1n) is 6.66. The van der Waals surface area contributed by atoms with Crippen molar-refractivity contribution in [2.75, 3.05) is 0 Å². The fraction of sp³-hybridized carbons (Fsp3) is 0.733. The van der Waals surface area contributed by atoms with Gasteiger partial charge in [0.1, 0.15) is 0 Å². The van der Waals surface area contributed by atoms with E-state index in [1.165, 1.54) is 12.0 Å². The average molecular weight is 218 g/mol. The van der Waals surface area contributed by atoms with E-state index >= 15 is 0 Å². The van der Waals surface area contributed by atoms with Crippen molar-refractivity contribution in [2.24, 2.45) is 23.7 Å². The smallest absolute Gasteiger partial charge is 0.0798 e. The highest BCUT2D eigenvalue weighted by molar-refractivity contribution is 5.18. The number of rotatable bonds is 1. The van der Waals surface area contributed by atoms with Crippen molar-refractivity contribution in [1.82, 2.24) is 0 Å². The van der Waals surface area contributed by atoms with Crippen LogP contribution in [0, 0.1) is 23.7 Å². The lowest BCUT2D eigenvalue weighted by Gasteiger charge is -2.36. The van der Waals surface area contributed by atoms with E-state index in [4.69, 9.17) is 4.74 Å². The molecule has 88 valence electrons. The molecule has 1 saturated carbocycles. The second-order valence-electron chi connectivity index (χ2n) is 6.01. The number of fused-ring (bicyclic) bond motifs is 2. The van der Waals surface area contributed by atoms with Crippen molar-refractivity contribution in [2.45, 2.75) is 45.8 Å². The third-order valence-corrected chi connectivity index (χ3v) is 4.75. The molecule has 1 fully saturated rings. The van der Waals surface area contributed by atoms with Crippen LogP contribution in [-0.4, -0.2) is 12.2 Å². The summed E-state index contributed by atoms with van der Waals surface area (Å²) in [5.41, 5.74) is 1.52. The van der Waals surface area contributed by atoms with Gasteiger partial charge in [-0.15, -0.1) is 0 Å². The Morgan fingerprint density at radius 1 is 1.19 bits per heavy atom. The van der Waals surface area contributed by atoms with E-state index in [2.05, 4.69) is 39.0 Å². The summed E-state index contributed by atoms with van der Waals surface area (Å²) in [5, 5.41) is 0. The van der Waals surface area contributed by atoms with Crippen LogP contribution in [0.25, 0.3) is 0 Å². The minimum Gasteiger partial charge on any atom is -0.371 e. The van der Waals surface area contributed by atoms with Gasteiger partial charge < -0.3 is 4.74 Å². The Balaban J connectivity index is 1.83. The molecule has 16 heavy (non-hydrogen) atoms. The molecule has 0 aromatic carbocycles. The van der Waals surface area contributed by atoms with Crippen LogP contribution >= 0.6 is 0 Å². The van der Waals surface area contributed by atoms with Gasteiger partial charge in [-0.1, -0.05) is 30.7 Å². The Labute approximate surface area is 98.6 Å². The summed E-state index contributed by atoms with van der Waals surface area (Å²) >= 11 is 0. The summed E-state index contributed by atoms with van der Waals surface area (Å²) in [6, 6.07) is 0.